The summed E-state index contributed by atoms with van der Waals surface area (Å²) in [6.45, 7) is 10.5. The van der Waals surface area contributed by atoms with Crippen molar-refractivity contribution in [1.29, 1.82) is 0 Å². The maximum Gasteiger partial charge on any atom is 0.269 e. The van der Waals surface area contributed by atoms with E-state index in [2.05, 4.69) is 29.5 Å². The molecule has 0 aromatic carbocycles. The molecule has 21 heavy (non-hydrogen) atoms. The molecule has 1 aromatic heterocycles. The van der Waals surface area contributed by atoms with E-state index >= 15 is 0 Å². The van der Waals surface area contributed by atoms with Crippen LogP contribution >= 0.6 is 0 Å². The number of nitrogens with two attached hydrogens (primary N) is 1. The second kappa shape index (κ2) is 6.43. The van der Waals surface area contributed by atoms with Crippen molar-refractivity contribution in [3.8, 4) is 0 Å². The van der Waals surface area contributed by atoms with E-state index < -0.39 is 0 Å². The van der Waals surface area contributed by atoms with Gasteiger partial charge in [0.25, 0.3) is 5.91 Å². The summed E-state index contributed by atoms with van der Waals surface area (Å²) in [5.41, 5.74) is 8.28. The monoisotopic (exact) mass is 286 g/mol. The van der Waals surface area contributed by atoms with Crippen LogP contribution in [0.5, 0.6) is 0 Å². The van der Waals surface area contributed by atoms with Gasteiger partial charge in [0.2, 0.25) is 0 Å². The van der Waals surface area contributed by atoms with Gasteiger partial charge in [-0.2, -0.15) is 0 Å². The van der Waals surface area contributed by atoms with Crippen LogP contribution in [0.1, 0.15) is 11.1 Å². The number of piperazine rings is 1. The maximum atomic E-state index is 12.1. The lowest BCUT2D eigenvalue weighted by Gasteiger charge is -2.36. The number of anilines is 1. The molecule has 0 saturated carbocycles. The Labute approximate surface area is 125 Å². The van der Waals surface area contributed by atoms with Gasteiger partial charge < -0.3 is 15.5 Å². The molecule has 1 amide bonds. The summed E-state index contributed by atoms with van der Waals surface area (Å²) in [6, 6.07) is 2.13. The third kappa shape index (κ3) is 3.42. The minimum absolute atomic E-state index is 0.122. The van der Waals surface area contributed by atoms with Gasteiger partial charge in [-0.15, -0.1) is 0 Å². The molecular formula is C16H22N4O. The molecule has 112 valence electrons. The van der Waals surface area contributed by atoms with Crippen molar-refractivity contribution in [2.45, 2.75) is 13.8 Å². The van der Waals surface area contributed by atoms with E-state index in [1.54, 1.807) is 11.0 Å². The summed E-state index contributed by atoms with van der Waals surface area (Å²) >= 11 is 0. The molecule has 2 heterocycles. The highest BCUT2D eigenvalue weighted by atomic mass is 16.2. The Morgan fingerprint density at radius 3 is 2.57 bits per heavy atom. The van der Waals surface area contributed by atoms with E-state index in [4.69, 9.17) is 5.73 Å². The Kier molecular flexibility index (Phi) is 4.62. The molecule has 0 aliphatic carbocycles. The highest BCUT2D eigenvalue weighted by molar-refractivity contribution is 5.92. The van der Waals surface area contributed by atoms with Crippen molar-refractivity contribution >= 4 is 11.7 Å². The van der Waals surface area contributed by atoms with Crippen LogP contribution in [0.15, 0.2) is 36.7 Å². The summed E-state index contributed by atoms with van der Waals surface area (Å²) in [5, 5.41) is 0. The molecule has 1 aliphatic heterocycles. The van der Waals surface area contributed by atoms with E-state index in [1.807, 2.05) is 13.1 Å². The normalized spacial score (nSPS) is 16.0. The van der Waals surface area contributed by atoms with E-state index in [0.29, 0.717) is 13.1 Å². The van der Waals surface area contributed by atoms with Crippen molar-refractivity contribution in [2.24, 2.45) is 5.73 Å². The number of pyridine rings is 1. The Morgan fingerprint density at radius 2 is 2.00 bits per heavy atom. The van der Waals surface area contributed by atoms with Gasteiger partial charge in [-0.1, -0.05) is 18.7 Å². The van der Waals surface area contributed by atoms with Gasteiger partial charge in [-0.05, 0) is 31.1 Å². The summed E-state index contributed by atoms with van der Waals surface area (Å²) in [5.74, 6) is 0.880. The summed E-state index contributed by atoms with van der Waals surface area (Å²) in [7, 11) is 0. The van der Waals surface area contributed by atoms with Crippen molar-refractivity contribution in [3.63, 3.8) is 0 Å². The fourth-order valence-corrected chi connectivity index (χ4v) is 2.54. The zero-order chi connectivity index (χ0) is 15.4. The Morgan fingerprint density at radius 1 is 1.33 bits per heavy atom. The number of carbonyl (C=O) groups excluding carboxylic acids is 1. The Bertz CT molecular complexity index is 572. The predicted octanol–water partition coefficient (Wildman–Crippen LogP) is 1.38. The van der Waals surface area contributed by atoms with Gasteiger partial charge in [-0.25, -0.2) is 4.98 Å². The molecule has 0 spiro atoms. The van der Waals surface area contributed by atoms with Crippen molar-refractivity contribution < 1.29 is 4.79 Å². The van der Waals surface area contributed by atoms with Crippen LogP contribution in [0.4, 0.5) is 5.82 Å². The molecule has 1 saturated heterocycles. The lowest BCUT2D eigenvalue weighted by molar-refractivity contribution is -0.127. The first-order valence-electron chi connectivity index (χ1n) is 7.08. The van der Waals surface area contributed by atoms with Gasteiger partial charge in [-0.3, -0.25) is 4.79 Å². The molecule has 0 unspecified atom stereocenters. The lowest BCUT2D eigenvalue weighted by Crippen LogP contribution is -2.50. The zero-order valence-electron chi connectivity index (χ0n) is 12.7. The molecular weight excluding hydrogens is 264 g/mol. The standard InChI is InChI=1S/C16H22N4O/c1-4-5-14(17)16(21)20-8-6-19(7-9-20)15-13(3)10-12(2)11-18-15/h4-5,10-11H,1,6-9,17H2,2-3H3/b14-5-. The molecule has 5 heteroatoms. The summed E-state index contributed by atoms with van der Waals surface area (Å²) in [4.78, 5) is 20.6. The second-order valence-corrected chi connectivity index (χ2v) is 5.29. The number of nitrogens with zero attached hydrogens (tertiary/aromatic N) is 3. The maximum absolute atomic E-state index is 12.1. The van der Waals surface area contributed by atoms with Crippen LogP contribution in [0.25, 0.3) is 0 Å². The first-order chi connectivity index (χ1) is 10.0. The van der Waals surface area contributed by atoms with Crippen LogP contribution in [0.3, 0.4) is 0 Å². The van der Waals surface area contributed by atoms with Crippen LogP contribution in [-0.2, 0) is 4.79 Å². The average molecular weight is 286 g/mol. The number of rotatable bonds is 3. The van der Waals surface area contributed by atoms with Gasteiger partial charge >= 0.3 is 0 Å². The van der Waals surface area contributed by atoms with Gasteiger partial charge in [0.1, 0.15) is 5.82 Å². The number of amides is 1. The first-order valence-corrected chi connectivity index (χ1v) is 7.08. The number of allylic oxidation sites excluding steroid dienone is 2. The highest BCUT2D eigenvalue weighted by Gasteiger charge is 2.23. The number of aryl methyl sites for hydroxylation is 2. The predicted molar refractivity (Wildman–Crippen MR) is 85.0 cm³/mol. The molecule has 2 N–H and O–H groups in total. The third-order valence-corrected chi connectivity index (χ3v) is 3.60. The third-order valence-electron chi connectivity index (χ3n) is 3.60. The van der Waals surface area contributed by atoms with Gasteiger partial charge in [0.05, 0.1) is 5.70 Å². The van der Waals surface area contributed by atoms with Crippen molar-refractivity contribution in [1.82, 2.24) is 9.88 Å². The summed E-state index contributed by atoms with van der Waals surface area (Å²) in [6.07, 6.45) is 4.95. The van der Waals surface area contributed by atoms with E-state index in [9.17, 15) is 4.79 Å². The van der Waals surface area contributed by atoms with Gasteiger partial charge in [0, 0.05) is 32.4 Å². The van der Waals surface area contributed by atoms with Crippen molar-refractivity contribution in [2.75, 3.05) is 31.1 Å². The van der Waals surface area contributed by atoms with E-state index in [0.717, 1.165) is 24.5 Å². The highest BCUT2D eigenvalue weighted by Crippen LogP contribution is 2.19. The van der Waals surface area contributed by atoms with E-state index in [1.165, 1.54) is 11.6 Å². The SMILES string of the molecule is C=C/C=C(\N)C(=O)N1CCN(c2ncc(C)cc2C)CC1. The molecule has 0 atom stereocenters. The minimum Gasteiger partial charge on any atom is -0.394 e. The molecule has 0 radical (unpaired) electrons. The molecule has 1 aliphatic rings. The van der Waals surface area contributed by atoms with Crippen LogP contribution in [0.2, 0.25) is 0 Å². The van der Waals surface area contributed by atoms with Crippen molar-refractivity contribution in [3.05, 3.63) is 47.8 Å². The zero-order valence-corrected chi connectivity index (χ0v) is 12.7. The van der Waals surface area contributed by atoms with E-state index in [-0.39, 0.29) is 11.6 Å². The topological polar surface area (TPSA) is 62.5 Å². The average Bonchev–Trinajstić information content (AvgIpc) is 2.47. The molecule has 2 rings (SSSR count). The van der Waals surface area contributed by atoms with Gasteiger partial charge in [0.15, 0.2) is 0 Å². The molecule has 1 fully saturated rings. The largest absolute Gasteiger partial charge is 0.394 e. The fourth-order valence-electron chi connectivity index (χ4n) is 2.54. The molecule has 5 nitrogen and oxygen atoms in total. The number of hydrogen-bond donors (Lipinski definition) is 1. The fraction of sp³-hybridized carbons (Fsp3) is 0.375. The lowest BCUT2D eigenvalue weighted by atomic mass is 10.2. The second-order valence-electron chi connectivity index (χ2n) is 5.29. The van der Waals surface area contributed by atoms with Crippen LogP contribution < -0.4 is 10.6 Å². The number of aromatic nitrogens is 1. The Hall–Kier alpha value is -2.30. The first kappa shape index (κ1) is 15.1. The van der Waals surface area contributed by atoms with Crippen LogP contribution in [-0.4, -0.2) is 42.0 Å². The number of carbonyl (C=O) groups is 1. The minimum atomic E-state index is -0.122. The molecule has 1 aromatic rings. The van der Waals surface area contributed by atoms with Crippen LogP contribution in [0, 0.1) is 13.8 Å². The Balaban J connectivity index is 2.02. The molecule has 0 bridgehead atoms. The smallest absolute Gasteiger partial charge is 0.269 e. The number of hydrogen-bond acceptors (Lipinski definition) is 4. The quantitative estimate of drug-likeness (QED) is 0.673. The summed E-state index contributed by atoms with van der Waals surface area (Å²) < 4.78 is 0.